The summed E-state index contributed by atoms with van der Waals surface area (Å²) in [6.07, 6.45) is -6.90. The van der Waals surface area contributed by atoms with Gasteiger partial charge in [0.2, 0.25) is 5.91 Å². The molecule has 0 saturated carbocycles. The lowest BCUT2D eigenvalue weighted by Crippen LogP contribution is -2.64. The molecule has 0 radical (unpaired) electrons. The number of hydrogen-bond acceptors (Lipinski definition) is 2. The number of benzene rings is 2. The average molecular weight is 486 g/mol. The second-order valence-corrected chi connectivity index (χ2v) is 6.75. The Morgan fingerprint density at radius 2 is 1.15 bits per heavy atom. The van der Waals surface area contributed by atoms with Gasteiger partial charge in [-0.15, -0.1) is 0 Å². The van der Waals surface area contributed by atoms with Gasteiger partial charge < -0.3 is 10.6 Å². The zero-order valence-electron chi connectivity index (χ0n) is 16.3. The molecule has 33 heavy (non-hydrogen) atoms. The van der Waals surface area contributed by atoms with Crippen molar-refractivity contribution in [3.63, 3.8) is 0 Å². The molecule has 0 unspecified atom stereocenters. The summed E-state index contributed by atoms with van der Waals surface area (Å²) in [5.74, 6) is -24.6. The molecule has 2 N–H and O–H groups in total. The van der Waals surface area contributed by atoms with Gasteiger partial charge in [-0.05, 0) is 24.1 Å². The zero-order valence-corrected chi connectivity index (χ0v) is 16.3. The number of rotatable bonds is 8. The SMILES string of the molecule is O=C(CCc1ccccc1)Nc1ccccc1NC(=O)C(F)(F)C(F)(F)C(F)(F)C(F)(F)F. The van der Waals surface area contributed by atoms with Crippen LogP contribution in [0.4, 0.5) is 50.9 Å². The molecule has 0 aliphatic heterocycles. The monoisotopic (exact) mass is 486 g/mol. The van der Waals surface area contributed by atoms with Crippen LogP contribution in [0.1, 0.15) is 12.0 Å². The van der Waals surface area contributed by atoms with Crippen LogP contribution in [0, 0.1) is 0 Å². The smallest absolute Gasteiger partial charge is 0.324 e. The van der Waals surface area contributed by atoms with E-state index in [1.165, 1.54) is 11.4 Å². The van der Waals surface area contributed by atoms with Crippen LogP contribution in [0.25, 0.3) is 0 Å². The largest absolute Gasteiger partial charge is 0.460 e. The quantitative estimate of drug-likeness (QED) is 0.473. The molecule has 0 spiro atoms. The van der Waals surface area contributed by atoms with Crippen LogP contribution >= 0.6 is 0 Å². The first-order valence-electron chi connectivity index (χ1n) is 9.05. The lowest BCUT2D eigenvalue weighted by molar-refractivity contribution is -0.388. The van der Waals surface area contributed by atoms with Crippen molar-refractivity contribution in [1.82, 2.24) is 0 Å². The van der Waals surface area contributed by atoms with E-state index in [-0.39, 0.29) is 18.5 Å². The van der Waals surface area contributed by atoms with E-state index >= 15 is 0 Å². The zero-order chi connectivity index (χ0) is 25.1. The van der Waals surface area contributed by atoms with E-state index in [0.29, 0.717) is 0 Å². The van der Waals surface area contributed by atoms with Crippen molar-refractivity contribution in [1.29, 1.82) is 0 Å². The number of hydrogen-bond donors (Lipinski definition) is 2. The molecule has 0 atom stereocenters. The number of para-hydroxylation sites is 2. The van der Waals surface area contributed by atoms with Crippen molar-refractivity contribution in [3.05, 3.63) is 60.2 Å². The van der Waals surface area contributed by atoms with Crippen LogP contribution in [0.5, 0.6) is 0 Å². The Bertz CT molecular complexity index is 993. The third-order valence-electron chi connectivity index (χ3n) is 4.36. The van der Waals surface area contributed by atoms with Crippen molar-refractivity contribution >= 4 is 23.2 Å². The van der Waals surface area contributed by atoms with Gasteiger partial charge in [-0.1, -0.05) is 42.5 Å². The molecule has 0 heterocycles. The van der Waals surface area contributed by atoms with Gasteiger partial charge in [-0.25, -0.2) is 0 Å². The summed E-state index contributed by atoms with van der Waals surface area (Å²) in [6, 6.07) is 12.9. The van der Waals surface area contributed by atoms with Gasteiger partial charge in [-0.3, -0.25) is 9.59 Å². The van der Waals surface area contributed by atoms with E-state index < -0.39 is 41.4 Å². The van der Waals surface area contributed by atoms with Gasteiger partial charge in [0.15, 0.2) is 0 Å². The maximum Gasteiger partial charge on any atom is 0.460 e. The van der Waals surface area contributed by atoms with E-state index in [4.69, 9.17) is 0 Å². The Morgan fingerprint density at radius 1 is 0.667 bits per heavy atom. The summed E-state index contributed by atoms with van der Waals surface area (Å²) in [5.41, 5.74) is -0.311. The molecular weight excluding hydrogens is 471 g/mol. The van der Waals surface area contributed by atoms with Crippen LogP contribution in [0.15, 0.2) is 54.6 Å². The van der Waals surface area contributed by atoms with E-state index in [2.05, 4.69) is 5.32 Å². The van der Waals surface area contributed by atoms with Gasteiger partial charge >= 0.3 is 29.9 Å². The van der Waals surface area contributed by atoms with E-state index in [9.17, 15) is 49.1 Å². The van der Waals surface area contributed by atoms with E-state index in [1.807, 2.05) is 0 Å². The molecule has 2 aromatic rings. The number of anilines is 2. The molecule has 180 valence electrons. The fraction of sp³-hybridized carbons (Fsp3) is 0.300. The highest BCUT2D eigenvalue weighted by Crippen LogP contribution is 2.53. The summed E-state index contributed by atoms with van der Waals surface area (Å²) in [7, 11) is 0. The Hall–Kier alpha value is -3.25. The van der Waals surface area contributed by atoms with Crippen molar-refractivity contribution in [2.75, 3.05) is 10.6 Å². The number of halogens is 9. The van der Waals surface area contributed by atoms with Crippen LogP contribution < -0.4 is 10.6 Å². The molecule has 0 fully saturated rings. The van der Waals surface area contributed by atoms with Crippen molar-refractivity contribution in [2.24, 2.45) is 0 Å². The molecule has 2 amide bonds. The first kappa shape index (κ1) is 26.0. The third kappa shape index (κ3) is 5.40. The van der Waals surface area contributed by atoms with Gasteiger partial charge in [-0.2, -0.15) is 39.5 Å². The predicted octanol–water partition coefficient (Wildman–Crippen LogP) is 5.66. The molecule has 0 aliphatic rings. The number of carbonyl (C=O) groups excluding carboxylic acids is 2. The van der Waals surface area contributed by atoms with Crippen molar-refractivity contribution in [3.8, 4) is 0 Å². The van der Waals surface area contributed by atoms with Crippen LogP contribution in [-0.2, 0) is 16.0 Å². The highest BCUT2D eigenvalue weighted by atomic mass is 19.4. The molecule has 0 aliphatic carbocycles. The summed E-state index contributed by atoms with van der Waals surface area (Å²) in [6.45, 7) is 0. The molecule has 4 nitrogen and oxygen atoms in total. The van der Waals surface area contributed by atoms with E-state index in [0.717, 1.165) is 23.8 Å². The van der Waals surface area contributed by atoms with Gasteiger partial charge in [0.05, 0.1) is 11.4 Å². The standard InChI is InChI=1S/C20H15F9N2O2/c21-17(22,18(23,24)19(25,26)20(27,28)29)16(33)31-14-9-5-4-8-13(14)30-15(32)11-10-12-6-2-1-3-7-12/h1-9H,10-11H2,(H,30,32)(H,31,33). The second-order valence-electron chi connectivity index (χ2n) is 6.75. The van der Waals surface area contributed by atoms with Crippen LogP contribution in [-0.4, -0.2) is 35.8 Å². The predicted molar refractivity (Wildman–Crippen MR) is 99.4 cm³/mol. The Labute approximate surface area is 180 Å². The molecule has 2 rings (SSSR count). The normalized spacial score (nSPS) is 12.9. The lowest BCUT2D eigenvalue weighted by atomic mass is 10.0. The molecule has 2 aromatic carbocycles. The second kappa shape index (κ2) is 9.32. The Kier molecular flexibility index (Phi) is 7.34. The highest BCUT2D eigenvalue weighted by molar-refractivity contribution is 6.02. The molecule has 13 heteroatoms. The number of carbonyl (C=O) groups is 2. The van der Waals surface area contributed by atoms with Crippen LogP contribution in [0.3, 0.4) is 0 Å². The maximum absolute atomic E-state index is 13.8. The lowest BCUT2D eigenvalue weighted by Gasteiger charge is -2.32. The fourth-order valence-electron chi connectivity index (χ4n) is 2.53. The van der Waals surface area contributed by atoms with Gasteiger partial charge in [0.25, 0.3) is 0 Å². The van der Waals surface area contributed by atoms with Gasteiger partial charge in [0, 0.05) is 6.42 Å². The molecule has 0 saturated heterocycles. The summed E-state index contributed by atoms with van der Waals surface area (Å²) in [4.78, 5) is 23.8. The minimum atomic E-state index is -7.20. The maximum atomic E-state index is 13.8. The minimum absolute atomic E-state index is 0.113. The van der Waals surface area contributed by atoms with Gasteiger partial charge in [0.1, 0.15) is 0 Å². The van der Waals surface area contributed by atoms with Crippen molar-refractivity contribution < 1.29 is 49.1 Å². The number of alkyl halides is 9. The fourth-order valence-corrected chi connectivity index (χ4v) is 2.53. The van der Waals surface area contributed by atoms with Crippen LogP contribution in [0.2, 0.25) is 0 Å². The summed E-state index contributed by atoms with van der Waals surface area (Å²) in [5, 5.41) is 3.39. The Morgan fingerprint density at radius 3 is 1.67 bits per heavy atom. The third-order valence-corrected chi connectivity index (χ3v) is 4.36. The summed E-state index contributed by atoms with van der Waals surface area (Å²) >= 11 is 0. The topological polar surface area (TPSA) is 58.2 Å². The Balaban J connectivity index is 2.17. The molecule has 0 bridgehead atoms. The molecule has 0 aromatic heterocycles. The molecular formula is C20H15F9N2O2. The number of aryl methyl sites for hydroxylation is 1. The average Bonchev–Trinajstić information content (AvgIpc) is 2.73. The first-order valence-corrected chi connectivity index (χ1v) is 9.05. The highest BCUT2D eigenvalue weighted by Gasteiger charge is 2.83. The number of nitrogens with one attached hydrogen (secondary N) is 2. The minimum Gasteiger partial charge on any atom is -0.324 e. The van der Waals surface area contributed by atoms with E-state index in [1.54, 1.807) is 30.3 Å². The number of amides is 2. The first-order chi connectivity index (χ1) is 15.1. The van der Waals surface area contributed by atoms with Crippen molar-refractivity contribution in [2.45, 2.75) is 36.8 Å². The summed E-state index contributed by atoms with van der Waals surface area (Å²) < 4.78 is 117.